The van der Waals surface area contributed by atoms with Crippen molar-refractivity contribution in [1.29, 1.82) is 0 Å². The smallest absolute Gasteiger partial charge is 0.471 e. The van der Waals surface area contributed by atoms with E-state index in [0.29, 0.717) is 0 Å². The Bertz CT molecular complexity index is 693. The fraction of sp³-hybridized carbons (Fsp3) is 0.438. The van der Waals surface area contributed by atoms with E-state index in [4.69, 9.17) is 14.2 Å². The van der Waals surface area contributed by atoms with Gasteiger partial charge in [-0.05, 0) is 0 Å². The predicted molar refractivity (Wildman–Crippen MR) is 85.0 cm³/mol. The van der Waals surface area contributed by atoms with Gasteiger partial charge in [-0.15, -0.1) is 0 Å². The molecule has 0 heterocycles. The molecule has 0 aliphatic rings. The molecule has 0 aromatic heterocycles. The third-order valence-electron chi connectivity index (χ3n) is 3.44. The minimum atomic E-state index is -5.25. The number of halogens is 3. The summed E-state index contributed by atoms with van der Waals surface area (Å²) in [6.45, 7) is 0. The lowest BCUT2D eigenvalue weighted by molar-refractivity contribution is -0.174. The van der Waals surface area contributed by atoms with Crippen LogP contribution in [0.2, 0.25) is 0 Å². The van der Waals surface area contributed by atoms with Gasteiger partial charge in [0.2, 0.25) is 0 Å². The number of nitrogens with one attached hydrogen (secondary N) is 1. The molecule has 11 heteroatoms. The Balaban J connectivity index is 3.39. The van der Waals surface area contributed by atoms with Crippen LogP contribution in [0.3, 0.4) is 0 Å². The maximum absolute atomic E-state index is 12.8. The van der Waals surface area contributed by atoms with E-state index < -0.39 is 36.3 Å². The first-order chi connectivity index (χ1) is 12.6. The highest BCUT2D eigenvalue weighted by atomic mass is 19.4. The van der Waals surface area contributed by atoms with Crippen molar-refractivity contribution in [2.45, 2.75) is 18.6 Å². The average Bonchev–Trinajstić information content (AvgIpc) is 2.64. The third-order valence-corrected chi connectivity index (χ3v) is 3.44. The zero-order valence-corrected chi connectivity index (χ0v) is 14.9. The van der Waals surface area contributed by atoms with Crippen LogP contribution in [-0.4, -0.2) is 58.3 Å². The molecule has 0 bridgehead atoms. The van der Waals surface area contributed by atoms with Crippen LogP contribution in [0.5, 0.6) is 17.2 Å². The topological polar surface area (TPSA) is 100 Å². The molecular weight excluding hydrogens is 375 g/mol. The normalized spacial score (nSPS) is 12.0. The molecule has 0 saturated heterocycles. The summed E-state index contributed by atoms with van der Waals surface area (Å²) >= 11 is 0. The van der Waals surface area contributed by atoms with E-state index in [-0.39, 0.29) is 22.8 Å². The second-order valence-electron chi connectivity index (χ2n) is 5.08. The molecule has 0 spiro atoms. The molecule has 0 aliphatic carbocycles. The molecule has 0 fully saturated rings. The quantitative estimate of drug-likeness (QED) is 0.528. The second-order valence-corrected chi connectivity index (χ2v) is 5.08. The summed E-state index contributed by atoms with van der Waals surface area (Å²) in [4.78, 5) is 35.6. The van der Waals surface area contributed by atoms with E-state index in [1.165, 1.54) is 38.8 Å². The molecular formula is C16H18F3NO7. The van der Waals surface area contributed by atoms with Gasteiger partial charge < -0.3 is 24.3 Å². The van der Waals surface area contributed by atoms with Crippen LogP contribution in [0.15, 0.2) is 12.1 Å². The molecule has 8 nitrogen and oxygen atoms in total. The van der Waals surface area contributed by atoms with E-state index in [1.807, 2.05) is 0 Å². The SMILES string of the molecule is COC(=O)C[C@H](NC(=O)C(F)(F)F)C(=O)c1c(OC)cc(OC)cc1OC. The fourth-order valence-electron chi connectivity index (χ4n) is 2.12. The summed E-state index contributed by atoms with van der Waals surface area (Å²) in [7, 11) is 4.77. The van der Waals surface area contributed by atoms with Gasteiger partial charge in [-0.2, -0.15) is 13.2 Å². The van der Waals surface area contributed by atoms with Gasteiger partial charge in [0.05, 0.1) is 34.9 Å². The Hall–Kier alpha value is -2.98. The van der Waals surface area contributed by atoms with Crippen LogP contribution in [-0.2, 0) is 14.3 Å². The van der Waals surface area contributed by atoms with Crippen molar-refractivity contribution in [3.05, 3.63) is 17.7 Å². The molecule has 1 atom stereocenters. The summed E-state index contributed by atoms with van der Waals surface area (Å²) in [5.74, 6) is -4.31. The number of hydrogen-bond donors (Lipinski definition) is 1. The number of esters is 1. The van der Waals surface area contributed by atoms with Gasteiger partial charge in [-0.1, -0.05) is 0 Å². The number of Topliss-reactive ketones (excluding diaryl/α,β-unsaturated/α-hetero) is 1. The lowest BCUT2D eigenvalue weighted by atomic mass is 9.99. The number of methoxy groups -OCH3 is 4. The average molecular weight is 393 g/mol. The number of benzene rings is 1. The van der Waals surface area contributed by atoms with Crippen molar-refractivity contribution in [3.8, 4) is 17.2 Å². The van der Waals surface area contributed by atoms with E-state index in [2.05, 4.69) is 4.74 Å². The van der Waals surface area contributed by atoms with Crippen molar-refractivity contribution in [1.82, 2.24) is 5.32 Å². The second kappa shape index (κ2) is 9.10. The van der Waals surface area contributed by atoms with Crippen molar-refractivity contribution in [2.24, 2.45) is 0 Å². The number of carbonyl (C=O) groups is 3. The van der Waals surface area contributed by atoms with Gasteiger partial charge in [-0.25, -0.2) is 0 Å². The minimum Gasteiger partial charge on any atom is -0.496 e. The summed E-state index contributed by atoms with van der Waals surface area (Å²) in [5.41, 5.74) is -0.267. The predicted octanol–water partition coefficient (Wildman–Crippen LogP) is 1.51. The standard InChI is InChI=1S/C16H18F3NO7/c1-24-8-5-10(25-2)13(11(6-8)26-3)14(22)9(7-12(21)27-4)20-15(23)16(17,18)19/h5-6,9H,7H2,1-4H3,(H,20,23)/t9-/m0/s1. The van der Waals surface area contributed by atoms with Crippen LogP contribution in [0, 0.1) is 0 Å². The molecule has 1 rings (SSSR count). The van der Waals surface area contributed by atoms with Crippen LogP contribution < -0.4 is 19.5 Å². The van der Waals surface area contributed by atoms with Gasteiger partial charge in [0, 0.05) is 12.1 Å². The number of ether oxygens (including phenoxy) is 4. The van der Waals surface area contributed by atoms with Crippen molar-refractivity contribution in [3.63, 3.8) is 0 Å². The molecule has 0 aliphatic heterocycles. The third kappa shape index (κ3) is 5.50. The van der Waals surface area contributed by atoms with Gasteiger partial charge >= 0.3 is 18.1 Å². The molecule has 1 amide bonds. The molecule has 1 aromatic carbocycles. The molecule has 0 radical (unpaired) electrons. The lowest BCUT2D eigenvalue weighted by Crippen LogP contribution is -2.48. The number of amides is 1. The summed E-state index contributed by atoms with van der Waals surface area (Å²) in [6, 6.07) is 0.746. The largest absolute Gasteiger partial charge is 0.496 e. The zero-order valence-electron chi connectivity index (χ0n) is 14.9. The van der Waals surface area contributed by atoms with E-state index in [0.717, 1.165) is 7.11 Å². The highest BCUT2D eigenvalue weighted by Gasteiger charge is 2.42. The fourth-order valence-corrected chi connectivity index (χ4v) is 2.12. The zero-order chi connectivity index (χ0) is 20.8. The van der Waals surface area contributed by atoms with Crippen LogP contribution in [0.4, 0.5) is 13.2 Å². The monoisotopic (exact) mass is 393 g/mol. The van der Waals surface area contributed by atoms with E-state index in [9.17, 15) is 27.6 Å². The van der Waals surface area contributed by atoms with Crippen LogP contribution >= 0.6 is 0 Å². The van der Waals surface area contributed by atoms with Crippen LogP contribution in [0.25, 0.3) is 0 Å². The molecule has 1 aromatic rings. The van der Waals surface area contributed by atoms with Crippen molar-refractivity contribution in [2.75, 3.05) is 28.4 Å². The Kier molecular flexibility index (Phi) is 7.44. The van der Waals surface area contributed by atoms with Gasteiger partial charge in [0.1, 0.15) is 28.9 Å². The van der Waals surface area contributed by atoms with Gasteiger partial charge in [-0.3, -0.25) is 14.4 Å². The molecule has 0 unspecified atom stereocenters. The molecule has 1 N–H and O–H groups in total. The number of carbonyl (C=O) groups excluding carboxylic acids is 3. The van der Waals surface area contributed by atoms with Gasteiger partial charge in [0.25, 0.3) is 0 Å². The van der Waals surface area contributed by atoms with Crippen LogP contribution in [0.1, 0.15) is 16.8 Å². The number of rotatable bonds is 8. The summed E-state index contributed by atoms with van der Waals surface area (Å²) in [6.07, 6.45) is -6.07. The Morgan fingerprint density at radius 3 is 1.89 bits per heavy atom. The molecule has 150 valence electrons. The van der Waals surface area contributed by atoms with E-state index in [1.54, 1.807) is 0 Å². The Morgan fingerprint density at radius 2 is 1.52 bits per heavy atom. The summed E-state index contributed by atoms with van der Waals surface area (Å²) in [5, 5.41) is 1.49. The number of hydrogen-bond acceptors (Lipinski definition) is 7. The Morgan fingerprint density at radius 1 is 1.00 bits per heavy atom. The minimum absolute atomic E-state index is 0.0766. The van der Waals surface area contributed by atoms with Gasteiger partial charge in [0.15, 0.2) is 5.78 Å². The lowest BCUT2D eigenvalue weighted by Gasteiger charge is -2.20. The molecule has 0 saturated carbocycles. The number of ketones is 1. The summed E-state index contributed by atoms with van der Waals surface area (Å²) < 4.78 is 57.3. The first kappa shape index (κ1) is 22.1. The van der Waals surface area contributed by atoms with Crippen molar-refractivity contribution < 1.29 is 46.5 Å². The first-order valence-corrected chi connectivity index (χ1v) is 7.37. The first-order valence-electron chi connectivity index (χ1n) is 7.37. The highest BCUT2D eigenvalue weighted by molar-refractivity contribution is 6.08. The molecule has 27 heavy (non-hydrogen) atoms. The maximum atomic E-state index is 12.8. The highest BCUT2D eigenvalue weighted by Crippen LogP contribution is 2.35. The Labute approximate surface area is 152 Å². The van der Waals surface area contributed by atoms with Crippen molar-refractivity contribution >= 4 is 17.7 Å². The number of alkyl halides is 3. The maximum Gasteiger partial charge on any atom is 0.471 e. The van der Waals surface area contributed by atoms with E-state index >= 15 is 0 Å².